The van der Waals surface area contributed by atoms with Crippen LogP contribution in [0.3, 0.4) is 0 Å². The molecular formula is C14H21NO3. The van der Waals surface area contributed by atoms with E-state index in [4.69, 9.17) is 19.9 Å². The smallest absolute Gasteiger partial charge is 0.192 e. The van der Waals surface area contributed by atoms with Crippen LogP contribution in [0.2, 0.25) is 0 Å². The molecule has 0 radical (unpaired) electrons. The summed E-state index contributed by atoms with van der Waals surface area (Å²) in [5.74, 6) is 0.201. The van der Waals surface area contributed by atoms with E-state index in [1.807, 2.05) is 32.9 Å². The minimum Gasteiger partial charge on any atom is -0.496 e. The molecule has 4 heteroatoms. The Morgan fingerprint density at radius 3 is 2.17 bits per heavy atom. The van der Waals surface area contributed by atoms with Gasteiger partial charge in [0.1, 0.15) is 5.75 Å². The van der Waals surface area contributed by atoms with Gasteiger partial charge in [-0.15, -0.1) is 0 Å². The molecule has 1 aliphatic heterocycles. The Morgan fingerprint density at radius 1 is 1.22 bits per heavy atom. The van der Waals surface area contributed by atoms with Crippen molar-refractivity contribution in [3.8, 4) is 5.75 Å². The topological polar surface area (TPSA) is 53.7 Å². The molecule has 0 bridgehead atoms. The van der Waals surface area contributed by atoms with Gasteiger partial charge in [-0.25, -0.2) is 0 Å². The van der Waals surface area contributed by atoms with Gasteiger partial charge in [0, 0.05) is 5.56 Å². The molecule has 1 saturated heterocycles. The van der Waals surface area contributed by atoms with E-state index in [2.05, 4.69) is 0 Å². The molecule has 100 valence electrons. The number of hydrogen-bond donors (Lipinski definition) is 1. The lowest BCUT2D eigenvalue weighted by molar-refractivity contribution is -0.270. The van der Waals surface area contributed by atoms with Crippen molar-refractivity contribution in [3.05, 3.63) is 28.8 Å². The number of aryl methyl sites for hydroxylation is 2. The highest BCUT2D eigenvalue weighted by Crippen LogP contribution is 2.34. The molecule has 2 rings (SSSR count). The molecule has 18 heavy (non-hydrogen) atoms. The van der Waals surface area contributed by atoms with Gasteiger partial charge in [-0.2, -0.15) is 0 Å². The van der Waals surface area contributed by atoms with Gasteiger partial charge in [0.2, 0.25) is 0 Å². The largest absolute Gasteiger partial charge is 0.496 e. The van der Waals surface area contributed by atoms with Crippen molar-refractivity contribution in [1.82, 2.24) is 0 Å². The Balaban J connectivity index is 2.34. The van der Waals surface area contributed by atoms with E-state index < -0.39 is 5.79 Å². The highest BCUT2D eigenvalue weighted by Gasteiger charge is 2.34. The zero-order valence-corrected chi connectivity index (χ0v) is 11.4. The molecule has 0 spiro atoms. The van der Waals surface area contributed by atoms with Gasteiger partial charge in [-0.05, 0) is 44.0 Å². The van der Waals surface area contributed by atoms with E-state index in [0.29, 0.717) is 13.2 Å². The monoisotopic (exact) mass is 251 g/mol. The van der Waals surface area contributed by atoms with Gasteiger partial charge in [-0.1, -0.05) is 0 Å². The maximum absolute atomic E-state index is 5.77. The lowest BCUT2D eigenvalue weighted by atomic mass is 9.99. The second kappa shape index (κ2) is 4.88. The van der Waals surface area contributed by atoms with Crippen LogP contribution in [0.4, 0.5) is 0 Å². The summed E-state index contributed by atoms with van der Waals surface area (Å²) < 4.78 is 16.9. The number of ether oxygens (including phenoxy) is 3. The molecule has 2 N–H and O–H groups in total. The number of methoxy groups -OCH3 is 1. The second-order valence-corrected chi connectivity index (χ2v) is 4.97. The average molecular weight is 251 g/mol. The predicted molar refractivity (Wildman–Crippen MR) is 69.7 cm³/mol. The van der Waals surface area contributed by atoms with Crippen LogP contribution in [-0.2, 0) is 15.3 Å². The molecule has 0 aliphatic carbocycles. The highest BCUT2D eigenvalue weighted by atomic mass is 16.7. The summed E-state index contributed by atoms with van der Waals surface area (Å²) in [4.78, 5) is 0. The molecule has 0 atom stereocenters. The standard InChI is InChI=1S/C14H21NO3/c1-9-5-11(6-10(2)13(9)16-4)14(3)17-7-12(15)8-18-14/h5-6,12H,7-8,15H2,1-4H3. The zero-order valence-electron chi connectivity index (χ0n) is 11.4. The summed E-state index contributed by atoms with van der Waals surface area (Å²) in [6.07, 6.45) is 0. The fraction of sp³-hybridized carbons (Fsp3) is 0.571. The summed E-state index contributed by atoms with van der Waals surface area (Å²) in [5.41, 5.74) is 8.93. The second-order valence-electron chi connectivity index (χ2n) is 4.97. The van der Waals surface area contributed by atoms with Crippen LogP contribution in [0, 0.1) is 13.8 Å². The van der Waals surface area contributed by atoms with Crippen molar-refractivity contribution in [2.45, 2.75) is 32.6 Å². The third kappa shape index (κ3) is 2.36. The molecule has 1 fully saturated rings. The minimum absolute atomic E-state index is 0.0430. The molecule has 1 aliphatic rings. The van der Waals surface area contributed by atoms with Crippen LogP contribution < -0.4 is 10.5 Å². The Bertz CT molecular complexity index is 414. The van der Waals surface area contributed by atoms with Crippen molar-refractivity contribution < 1.29 is 14.2 Å². The normalized spacial score (nSPS) is 28.2. The van der Waals surface area contributed by atoms with Crippen LogP contribution in [-0.4, -0.2) is 26.4 Å². The third-order valence-electron chi connectivity index (χ3n) is 3.33. The van der Waals surface area contributed by atoms with Gasteiger partial charge < -0.3 is 19.9 Å². The molecule has 4 nitrogen and oxygen atoms in total. The van der Waals surface area contributed by atoms with Crippen molar-refractivity contribution in [3.63, 3.8) is 0 Å². The lowest BCUT2D eigenvalue weighted by Gasteiger charge is -2.37. The molecular weight excluding hydrogens is 230 g/mol. The van der Waals surface area contributed by atoms with Crippen LogP contribution in [0.5, 0.6) is 5.75 Å². The number of hydrogen-bond acceptors (Lipinski definition) is 4. The van der Waals surface area contributed by atoms with Gasteiger partial charge in [0.15, 0.2) is 5.79 Å². The van der Waals surface area contributed by atoms with E-state index in [1.54, 1.807) is 7.11 Å². The van der Waals surface area contributed by atoms with Crippen molar-refractivity contribution in [2.24, 2.45) is 5.73 Å². The van der Waals surface area contributed by atoms with E-state index in [1.165, 1.54) is 0 Å². The van der Waals surface area contributed by atoms with Gasteiger partial charge >= 0.3 is 0 Å². The first-order chi connectivity index (χ1) is 8.46. The van der Waals surface area contributed by atoms with E-state index in [0.717, 1.165) is 22.4 Å². The lowest BCUT2D eigenvalue weighted by Crippen LogP contribution is -2.46. The highest BCUT2D eigenvalue weighted by molar-refractivity contribution is 5.44. The number of benzene rings is 1. The van der Waals surface area contributed by atoms with Gasteiger partial charge in [0.05, 0.1) is 26.4 Å². The third-order valence-corrected chi connectivity index (χ3v) is 3.33. The fourth-order valence-corrected chi connectivity index (χ4v) is 2.32. The van der Waals surface area contributed by atoms with Crippen LogP contribution in [0.1, 0.15) is 23.6 Å². The maximum atomic E-state index is 5.77. The molecule has 0 unspecified atom stereocenters. The van der Waals surface area contributed by atoms with E-state index in [9.17, 15) is 0 Å². The van der Waals surface area contributed by atoms with Gasteiger partial charge in [-0.3, -0.25) is 0 Å². The summed E-state index contributed by atoms with van der Waals surface area (Å²) in [6.45, 7) is 7.00. The van der Waals surface area contributed by atoms with Gasteiger partial charge in [0.25, 0.3) is 0 Å². The van der Waals surface area contributed by atoms with E-state index >= 15 is 0 Å². The Hall–Kier alpha value is -1.10. The molecule has 1 heterocycles. The summed E-state index contributed by atoms with van der Waals surface area (Å²) >= 11 is 0. The first kappa shape index (κ1) is 13.3. The molecule has 0 saturated carbocycles. The molecule has 1 aromatic carbocycles. The van der Waals surface area contributed by atoms with E-state index in [-0.39, 0.29) is 6.04 Å². The predicted octanol–water partition coefficient (Wildman–Crippen LogP) is 1.86. The minimum atomic E-state index is -0.711. The average Bonchev–Trinajstić information content (AvgIpc) is 2.33. The molecule has 1 aromatic rings. The first-order valence-electron chi connectivity index (χ1n) is 6.15. The Kier molecular flexibility index (Phi) is 3.61. The summed E-state index contributed by atoms with van der Waals surface area (Å²) in [6, 6.07) is 4.05. The Labute approximate surface area is 108 Å². The van der Waals surface area contributed by atoms with Crippen LogP contribution in [0.15, 0.2) is 12.1 Å². The molecule has 0 amide bonds. The summed E-state index contributed by atoms with van der Waals surface area (Å²) in [5, 5.41) is 0. The van der Waals surface area contributed by atoms with Crippen LogP contribution in [0.25, 0.3) is 0 Å². The Morgan fingerprint density at radius 2 is 1.72 bits per heavy atom. The SMILES string of the molecule is COc1c(C)cc(C2(C)OCC(N)CO2)cc1C. The van der Waals surface area contributed by atoms with Crippen molar-refractivity contribution in [1.29, 1.82) is 0 Å². The number of nitrogens with two attached hydrogens (primary N) is 1. The quantitative estimate of drug-likeness (QED) is 0.871. The maximum Gasteiger partial charge on any atom is 0.192 e. The van der Waals surface area contributed by atoms with Crippen LogP contribution >= 0.6 is 0 Å². The van der Waals surface area contributed by atoms with Crippen molar-refractivity contribution in [2.75, 3.05) is 20.3 Å². The zero-order chi connectivity index (χ0) is 13.3. The molecule has 0 aromatic heterocycles. The van der Waals surface area contributed by atoms with Crippen molar-refractivity contribution >= 4 is 0 Å². The summed E-state index contributed by atoms with van der Waals surface area (Å²) in [7, 11) is 1.68. The fourth-order valence-electron chi connectivity index (χ4n) is 2.32. The first-order valence-corrected chi connectivity index (χ1v) is 6.15. The number of rotatable bonds is 2.